The molecule has 1 fully saturated rings. The quantitative estimate of drug-likeness (QED) is 0.299. The minimum Gasteiger partial charge on any atom is -0.368 e. The van der Waals surface area contributed by atoms with Crippen molar-refractivity contribution in [3.05, 3.63) is 103 Å². The van der Waals surface area contributed by atoms with Crippen LogP contribution in [0.2, 0.25) is 0 Å². The van der Waals surface area contributed by atoms with Gasteiger partial charge in [0, 0.05) is 0 Å². The van der Waals surface area contributed by atoms with Gasteiger partial charge >= 0.3 is 0 Å². The van der Waals surface area contributed by atoms with Gasteiger partial charge in [-0.1, -0.05) is 53.1 Å². The van der Waals surface area contributed by atoms with Gasteiger partial charge in [0.25, 0.3) is 0 Å². The highest BCUT2D eigenvalue weighted by Gasteiger charge is 2.46. The van der Waals surface area contributed by atoms with Crippen LogP contribution in [0.3, 0.4) is 0 Å². The standard InChI is InChI=1S/C36H48O5/c1-20-11-23(4)30(24(5)12-20)17-38-33-29(10)41-36(37)35(40-19-32-27(8)15-22(3)16-28(32)9)34(33)39-18-31-25(6)13-21(2)14-26(31)7/h11-16,29,33-37H,17-19H2,1-10H3/t29-,33+,34+,35-,36+/m0/s1. The van der Waals surface area contributed by atoms with Gasteiger partial charge in [-0.3, -0.25) is 0 Å². The molecule has 0 bridgehead atoms. The van der Waals surface area contributed by atoms with Gasteiger partial charge < -0.3 is 24.1 Å². The van der Waals surface area contributed by atoms with Crippen LogP contribution in [-0.4, -0.2) is 35.8 Å². The average molecular weight is 561 g/mol. The van der Waals surface area contributed by atoms with Crippen LogP contribution in [0.5, 0.6) is 0 Å². The van der Waals surface area contributed by atoms with E-state index in [-0.39, 0.29) is 6.10 Å². The Kier molecular flexibility index (Phi) is 10.1. The summed E-state index contributed by atoms with van der Waals surface area (Å²) in [5.41, 5.74) is 14.3. The van der Waals surface area contributed by atoms with Crippen molar-refractivity contribution in [3.63, 3.8) is 0 Å². The smallest absolute Gasteiger partial charge is 0.184 e. The van der Waals surface area contributed by atoms with Gasteiger partial charge in [0.15, 0.2) is 6.29 Å². The average Bonchev–Trinajstić information content (AvgIpc) is 2.84. The van der Waals surface area contributed by atoms with E-state index in [1.807, 2.05) is 6.92 Å². The SMILES string of the molecule is Cc1cc(C)c(CO[C@@H]2[C@H](OCc3c(C)cc(C)cc3C)[C@H](C)O[C@@H](O)[C@H]2OCc2c(C)cc(C)cc2C)c(C)c1. The lowest BCUT2D eigenvalue weighted by atomic mass is 9.96. The Hall–Kier alpha value is -2.54. The van der Waals surface area contributed by atoms with Crippen molar-refractivity contribution in [2.24, 2.45) is 0 Å². The molecule has 41 heavy (non-hydrogen) atoms. The first-order chi connectivity index (χ1) is 19.3. The van der Waals surface area contributed by atoms with E-state index in [1.165, 1.54) is 55.6 Å². The Morgan fingerprint density at radius 2 is 0.805 bits per heavy atom. The second kappa shape index (κ2) is 13.2. The summed E-state index contributed by atoms with van der Waals surface area (Å²) in [5.74, 6) is 0. The van der Waals surface area contributed by atoms with Crippen LogP contribution in [-0.2, 0) is 38.8 Å². The Bertz CT molecular complexity index is 1230. The van der Waals surface area contributed by atoms with Crippen LogP contribution >= 0.6 is 0 Å². The molecule has 0 unspecified atom stereocenters. The van der Waals surface area contributed by atoms with Crippen molar-refractivity contribution in [3.8, 4) is 0 Å². The molecule has 0 amide bonds. The van der Waals surface area contributed by atoms with E-state index >= 15 is 0 Å². The molecule has 0 spiro atoms. The van der Waals surface area contributed by atoms with E-state index in [4.69, 9.17) is 18.9 Å². The molecule has 5 heteroatoms. The minimum absolute atomic E-state index is 0.350. The van der Waals surface area contributed by atoms with E-state index in [1.54, 1.807) is 0 Å². The molecule has 5 nitrogen and oxygen atoms in total. The molecular weight excluding hydrogens is 512 g/mol. The van der Waals surface area contributed by atoms with Gasteiger partial charge in [-0.05, 0) is 119 Å². The summed E-state index contributed by atoms with van der Waals surface area (Å²) in [6.07, 6.45) is -3.21. The molecule has 222 valence electrons. The third-order valence-corrected chi connectivity index (χ3v) is 8.53. The van der Waals surface area contributed by atoms with Crippen LogP contribution in [0.1, 0.15) is 73.7 Å². The zero-order valence-corrected chi connectivity index (χ0v) is 26.6. The van der Waals surface area contributed by atoms with E-state index in [0.717, 1.165) is 11.1 Å². The molecule has 1 saturated heterocycles. The zero-order valence-electron chi connectivity index (χ0n) is 26.6. The molecule has 0 radical (unpaired) electrons. The Morgan fingerprint density at radius 3 is 1.15 bits per heavy atom. The highest BCUT2D eigenvalue weighted by Crippen LogP contribution is 2.31. The van der Waals surface area contributed by atoms with Crippen LogP contribution < -0.4 is 0 Å². The fourth-order valence-electron chi connectivity index (χ4n) is 6.44. The maximum Gasteiger partial charge on any atom is 0.184 e. The van der Waals surface area contributed by atoms with Crippen LogP contribution in [0.15, 0.2) is 36.4 Å². The van der Waals surface area contributed by atoms with Crippen molar-refractivity contribution >= 4 is 0 Å². The molecule has 1 aliphatic rings. The third-order valence-electron chi connectivity index (χ3n) is 8.53. The van der Waals surface area contributed by atoms with E-state index < -0.39 is 24.6 Å². The summed E-state index contributed by atoms with van der Waals surface area (Å²) in [4.78, 5) is 0. The number of benzene rings is 3. The summed E-state index contributed by atoms with van der Waals surface area (Å²) >= 11 is 0. The first-order valence-electron chi connectivity index (χ1n) is 14.7. The number of hydrogen-bond donors (Lipinski definition) is 1. The summed E-state index contributed by atoms with van der Waals surface area (Å²) < 4.78 is 25.8. The first-order valence-corrected chi connectivity index (χ1v) is 14.7. The van der Waals surface area contributed by atoms with Crippen LogP contribution in [0.25, 0.3) is 0 Å². The highest BCUT2D eigenvalue weighted by atomic mass is 16.7. The number of hydrogen-bond acceptors (Lipinski definition) is 5. The van der Waals surface area contributed by atoms with E-state index in [2.05, 4.69) is 98.7 Å². The molecule has 0 saturated carbocycles. The molecule has 5 atom stereocenters. The van der Waals surface area contributed by atoms with Crippen molar-refractivity contribution in [2.45, 2.75) is 120 Å². The molecular formula is C36H48O5. The number of aliphatic hydroxyl groups is 1. The molecule has 0 aromatic heterocycles. The lowest BCUT2D eigenvalue weighted by Crippen LogP contribution is -2.59. The summed E-state index contributed by atoms with van der Waals surface area (Å²) in [7, 11) is 0. The van der Waals surface area contributed by atoms with E-state index in [9.17, 15) is 5.11 Å². The topological polar surface area (TPSA) is 57.2 Å². The highest BCUT2D eigenvalue weighted by molar-refractivity contribution is 5.38. The molecule has 1 aliphatic heterocycles. The maximum absolute atomic E-state index is 11.2. The lowest BCUT2D eigenvalue weighted by molar-refractivity contribution is -0.308. The Balaban J connectivity index is 1.63. The predicted octanol–water partition coefficient (Wildman–Crippen LogP) is 7.26. The minimum atomic E-state index is -1.14. The van der Waals surface area contributed by atoms with Gasteiger partial charge in [0.05, 0.1) is 25.9 Å². The van der Waals surface area contributed by atoms with Crippen LogP contribution in [0, 0.1) is 62.3 Å². The maximum atomic E-state index is 11.2. The molecule has 4 rings (SSSR count). The molecule has 1 N–H and O–H groups in total. The summed E-state index contributed by atoms with van der Waals surface area (Å²) in [6, 6.07) is 13.1. The Morgan fingerprint density at radius 1 is 0.512 bits per heavy atom. The number of aryl methyl sites for hydroxylation is 9. The molecule has 3 aromatic rings. The first kappa shape index (κ1) is 31.4. The Labute approximate surface area is 246 Å². The molecule has 0 aliphatic carbocycles. The normalized spacial score (nSPS) is 22.8. The van der Waals surface area contributed by atoms with Crippen molar-refractivity contribution < 1.29 is 24.1 Å². The fraction of sp³-hybridized carbons (Fsp3) is 0.500. The van der Waals surface area contributed by atoms with Gasteiger partial charge in [-0.15, -0.1) is 0 Å². The largest absolute Gasteiger partial charge is 0.368 e. The van der Waals surface area contributed by atoms with Crippen LogP contribution in [0.4, 0.5) is 0 Å². The monoisotopic (exact) mass is 560 g/mol. The fourth-order valence-corrected chi connectivity index (χ4v) is 6.44. The third kappa shape index (κ3) is 7.28. The van der Waals surface area contributed by atoms with Crippen molar-refractivity contribution in [1.29, 1.82) is 0 Å². The molecule has 3 aromatic carbocycles. The number of aliphatic hydroxyl groups excluding tert-OH is 1. The van der Waals surface area contributed by atoms with Crippen molar-refractivity contribution in [1.82, 2.24) is 0 Å². The second-order valence-electron chi connectivity index (χ2n) is 12.2. The van der Waals surface area contributed by atoms with Gasteiger partial charge in [0.2, 0.25) is 0 Å². The number of rotatable bonds is 9. The van der Waals surface area contributed by atoms with Crippen molar-refractivity contribution in [2.75, 3.05) is 0 Å². The zero-order chi connectivity index (χ0) is 30.0. The van der Waals surface area contributed by atoms with E-state index in [0.29, 0.717) is 19.8 Å². The second-order valence-corrected chi connectivity index (χ2v) is 12.2. The lowest BCUT2D eigenvalue weighted by Gasteiger charge is -2.43. The summed E-state index contributed by atoms with van der Waals surface area (Å²) in [6.45, 7) is 22.1. The number of ether oxygens (including phenoxy) is 4. The van der Waals surface area contributed by atoms with Gasteiger partial charge in [-0.25, -0.2) is 0 Å². The summed E-state index contributed by atoms with van der Waals surface area (Å²) in [5, 5.41) is 11.2. The van der Waals surface area contributed by atoms with Gasteiger partial charge in [-0.2, -0.15) is 0 Å². The predicted molar refractivity (Wildman–Crippen MR) is 164 cm³/mol. The molecule has 1 heterocycles. The van der Waals surface area contributed by atoms with Gasteiger partial charge in [0.1, 0.15) is 18.3 Å².